The van der Waals surface area contributed by atoms with Gasteiger partial charge >= 0.3 is 0 Å². The van der Waals surface area contributed by atoms with Crippen LogP contribution in [0.5, 0.6) is 0 Å². The van der Waals surface area contributed by atoms with Gasteiger partial charge in [-0.1, -0.05) is 35.9 Å². The molecular weight excluding hydrogens is 280 g/mol. The average Bonchev–Trinajstić information content (AvgIpc) is 2.50. The summed E-state index contributed by atoms with van der Waals surface area (Å²) in [7, 11) is 0. The fraction of sp³-hybridized carbons (Fsp3) is 0.176. The van der Waals surface area contributed by atoms with Gasteiger partial charge in [-0.15, -0.1) is 0 Å². The van der Waals surface area contributed by atoms with E-state index in [0.717, 1.165) is 5.56 Å². The fourth-order valence-corrected chi connectivity index (χ4v) is 1.79. The van der Waals surface area contributed by atoms with E-state index in [2.05, 4.69) is 10.6 Å². The minimum absolute atomic E-state index is 0.170. The van der Waals surface area contributed by atoms with E-state index in [1.54, 1.807) is 12.1 Å². The van der Waals surface area contributed by atoms with Crippen molar-refractivity contribution >= 4 is 23.2 Å². The lowest BCUT2D eigenvalue weighted by molar-refractivity contribution is -0.125. The smallest absolute Gasteiger partial charge is 0.250 e. The summed E-state index contributed by atoms with van der Waals surface area (Å²) in [6, 6.07) is 16.5. The Morgan fingerprint density at radius 1 is 0.818 bits per heavy atom. The summed E-state index contributed by atoms with van der Waals surface area (Å²) in [5, 5.41) is 5.37. The second-order valence-electron chi connectivity index (χ2n) is 4.82. The molecule has 0 radical (unpaired) electrons. The molecule has 5 nitrogen and oxygen atoms in total. The maximum Gasteiger partial charge on any atom is 0.250 e. The molecule has 0 heterocycles. The van der Waals surface area contributed by atoms with Gasteiger partial charge in [0.2, 0.25) is 11.8 Å². The number of aryl methyl sites for hydroxylation is 1. The second kappa shape index (κ2) is 7.95. The highest BCUT2D eigenvalue weighted by Crippen LogP contribution is 2.08. The normalized spacial score (nSPS) is 10.0. The Balaban J connectivity index is 1.68. The van der Waals surface area contributed by atoms with Gasteiger partial charge in [0.05, 0.1) is 0 Å². The standard InChI is InChI=1S/C17H18N2O3/c1-13-7-9-15(10-8-13)19-17(21)12-22-11-16(20)18-14-5-3-2-4-6-14/h2-10H,11-12H2,1H3,(H,18,20)(H,19,21). The van der Waals surface area contributed by atoms with Gasteiger partial charge in [-0.3, -0.25) is 9.59 Å². The third kappa shape index (κ3) is 5.38. The first-order chi connectivity index (χ1) is 10.6. The number of para-hydroxylation sites is 1. The first-order valence-corrected chi connectivity index (χ1v) is 6.92. The summed E-state index contributed by atoms with van der Waals surface area (Å²) in [6.45, 7) is 1.63. The van der Waals surface area contributed by atoms with Crippen molar-refractivity contribution < 1.29 is 14.3 Å². The van der Waals surface area contributed by atoms with E-state index in [4.69, 9.17) is 4.74 Å². The monoisotopic (exact) mass is 298 g/mol. The Bertz CT molecular complexity index is 624. The summed E-state index contributed by atoms with van der Waals surface area (Å²) in [5.74, 6) is -0.592. The predicted molar refractivity (Wildman–Crippen MR) is 85.7 cm³/mol. The van der Waals surface area contributed by atoms with Crippen molar-refractivity contribution in [3.8, 4) is 0 Å². The molecule has 0 bridgehead atoms. The largest absolute Gasteiger partial charge is 0.362 e. The van der Waals surface area contributed by atoms with Crippen LogP contribution in [0.4, 0.5) is 11.4 Å². The number of nitrogens with one attached hydrogen (secondary N) is 2. The van der Waals surface area contributed by atoms with Crippen LogP contribution in [0.15, 0.2) is 54.6 Å². The third-order valence-electron chi connectivity index (χ3n) is 2.86. The van der Waals surface area contributed by atoms with Gasteiger partial charge in [-0.2, -0.15) is 0 Å². The van der Waals surface area contributed by atoms with Crippen molar-refractivity contribution in [1.29, 1.82) is 0 Å². The maximum absolute atomic E-state index is 11.7. The molecular formula is C17H18N2O3. The summed E-state index contributed by atoms with van der Waals surface area (Å²) in [5.41, 5.74) is 2.51. The van der Waals surface area contributed by atoms with Gasteiger partial charge < -0.3 is 15.4 Å². The van der Waals surface area contributed by atoms with Gasteiger partial charge in [0, 0.05) is 11.4 Å². The highest BCUT2D eigenvalue weighted by molar-refractivity contribution is 5.93. The lowest BCUT2D eigenvalue weighted by atomic mass is 10.2. The number of amides is 2. The topological polar surface area (TPSA) is 67.4 Å². The average molecular weight is 298 g/mol. The van der Waals surface area contributed by atoms with Gasteiger partial charge in [0.1, 0.15) is 13.2 Å². The first kappa shape index (κ1) is 15.7. The highest BCUT2D eigenvalue weighted by atomic mass is 16.5. The van der Waals surface area contributed by atoms with E-state index in [1.807, 2.05) is 49.4 Å². The number of benzene rings is 2. The Kier molecular flexibility index (Phi) is 5.68. The van der Waals surface area contributed by atoms with Crippen molar-refractivity contribution in [3.63, 3.8) is 0 Å². The van der Waals surface area contributed by atoms with E-state index in [9.17, 15) is 9.59 Å². The molecule has 0 spiro atoms. The minimum atomic E-state index is -0.297. The van der Waals surface area contributed by atoms with Crippen LogP contribution in [0.2, 0.25) is 0 Å². The molecule has 2 aromatic rings. The van der Waals surface area contributed by atoms with Crippen LogP contribution in [0.25, 0.3) is 0 Å². The second-order valence-corrected chi connectivity index (χ2v) is 4.82. The van der Waals surface area contributed by atoms with E-state index in [-0.39, 0.29) is 25.0 Å². The van der Waals surface area contributed by atoms with E-state index in [1.165, 1.54) is 0 Å². The van der Waals surface area contributed by atoms with Gasteiger partial charge in [0.15, 0.2) is 0 Å². The van der Waals surface area contributed by atoms with Gasteiger partial charge in [0.25, 0.3) is 0 Å². The minimum Gasteiger partial charge on any atom is -0.362 e. The van der Waals surface area contributed by atoms with Crippen molar-refractivity contribution in [2.75, 3.05) is 23.8 Å². The zero-order chi connectivity index (χ0) is 15.8. The number of hydrogen-bond acceptors (Lipinski definition) is 3. The SMILES string of the molecule is Cc1ccc(NC(=O)COCC(=O)Nc2ccccc2)cc1. The molecule has 0 aliphatic heterocycles. The molecule has 2 aromatic carbocycles. The summed E-state index contributed by atoms with van der Waals surface area (Å²) >= 11 is 0. The summed E-state index contributed by atoms with van der Waals surface area (Å²) in [6.07, 6.45) is 0. The van der Waals surface area contributed by atoms with Crippen LogP contribution in [-0.4, -0.2) is 25.0 Å². The van der Waals surface area contributed by atoms with Crippen molar-refractivity contribution in [2.45, 2.75) is 6.92 Å². The molecule has 0 atom stereocenters. The molecule has 0 unspecified atom stereocenters. The number of rotatable bonds is 6. The van der Waals surface area contributed by atoms with Crippen LogP contribution < -0.4 is 10.6 Å². The molecule has 114 valence electrons. The number of carbonyl (C=O) groups excluding carboxylic acids is 2. The summed E-state index contributed by atoms with van der Waals surface area (Å²) in [4.78, 5) is 23.3. The zero-order valence-corrected chi connectivity index (χ0v) is 12.3. The number of hydrogen-bond donors (Lipinski definition) is 2. The molecule has 22 heavy (non-hydrogen) atoms. The Labute approximate surface area is 129 Å². The van der Waals surface area contributed by atoms with Gasteiger partial charge in [-0.05, 0) is 31.2 Å². The van der Waals surface area contributed by atoms with Crippen molar-refractivity contribution in [1.82, 2.24) is 0 Å². The fourth-order valence-electron chi connectivity index (χ4n) is 1.79. The lowest BCUT2D eigenvalue weighted by Gasteiger charge is -2.07. The molecule has 0 saturated carbocycles. The zero-order valence-electron chi connectivity index (χ0n) is 12.3. The van der Waals surface area contributed by atoms with Crippen LogP contribution >= 0.6 is 0 Å². The molecule has 0 aliphatic rings. The van der Waals surface area contributed by atoms with Crippen LogP contribution in [0.1, 0.15) is 5.56 Å². The molecule has 2 rings (SSSR count). The Hall–Kier alpha value is -2.66. The Morgan fingerprint density at radius 2 is 1.32 bits per heavy atom. The van der Waals surface area contributed by atoms with Crippen LogP contribution in [-0.2, 0) is 14.3 Å². The van der Waals surface area contributed by atoms with E-state index in [0.29, 0.717) is 11.4 Å². The maximum atomic E-state index is 11.7. The highest BCUT2D eigenvalue weighted by Gasteiger charge is 2.06. The Morgan fingerprint density at radius 3 is 1.86 bits per heavy atom. The van der Waals surface area contributed by atoms with Crippen LogP contribution in [0, 0.1) is 6.92 Å². The first-order valence-electron chi connectivity index (χ1n) is 6.92. The quantitative estimate of drug-likeness (QED) is 0.861. The summed E-state index contributed by atoms with van der Waals surface area (Å²) < 4.78 is 5.10. The molecule has 0 saturated heterocycles. The molecule has 2 amide bonds. The number of carbonyl (C=O) groups is 2. The molecule has 0 fully saturated rings. The predicted octanol–water partition coefficient (Wildman–Crippen LogP) is 2.59. The van der Waals surface area contributed by atoms with E-state index < -0.39 is 0 Å². The number of anilines is 2. The van der Waals surface area contributed by atoms with Crippen molar-refractivity contribution in [2.24, 2.45) is 0 Å². The number of ether oxygens (including phenoxy) is 1. The van der Waals surface area contributed by atoms with Crippen LogP contribution in [0.3, 0.4) is 0 Å². The van der Waals surface area contributed by atoms with Gasteiger partial charge in [-0.25, -0.2) is 0 Å². The molecule has 2 N–H and O–H groups in total. The molecule has 5 heteroatoms. The van der Waals surface area contributed by atoms with Crippen molar-refractivity contribution in [3.05, 3.63) is 60.2 Å². The third-order valence-corrected chi connectivity index (χ3v) is 2.86. The lowest BCUT2D eigenvalue weighted by Crippen LogP contribution is -2.23. The molecule has 0 aromatic heterocycles. The van der Waals surface area contributed by atoms with E-state index >= 15 is 0 Å². The molecule has 0 aliphatic carbocycles.